The normalized spacial score (nSPS) is 9.92. The Balaban J connectivity index is 2.95. The molecule has 4 nitrogen and oxygen atoms in total. The van der Waals surface area contributed by atoms with Gasteiger partial charge in [0.05, 0.1) is 6.61 Å². The molecule has 0 aliphatic carbocycles. The van der Waals surface area contributed by atoms with Crippen molar-refractivity contribution in [2.75, 3.05) is 31.3 Å². The van der Waals surface area contributed by atoms with Crippen molar-refractivity contribution < 1.29 is 4.74 Å². The highest BCUT2D eigenvalue weighted by Gasteiger charge is 2.13. The first kappa shape index (κ1) is 9.12. The van der Waals surface area contributed by atoms with E-state index >= 15 is 0 Å². The second kappa shape index (κ2) is 3.62. The highest BCUT2D eigenvalue weighted by atomic mass is 32.1. The van der Waals surface area contributed by atoms with Gasteiger partial charge in [-0.05, 0) is 18.5 Å². The number of anilines is 2. The standard InChI is InChI=1S/C7H13N3OS/c1-4-11-5-6(8)9-12-7(5)10(2)3/h4H2,1-3H3,(H2,8,9). The van der Waals surface area contributed by atoms with Gasteiger partial charge < -0.3 is 15.4 Å². The molecular formula is C7H13N3OS. The molecule has 1 aromatic heterocycles. The molecule has 0 saturated heterocycles. The summed E-state index contributed by atoms with van der Waals surface area (Å²) in [6.45, 7) is 2.54. The largest absolute Gasteiger partial charge is 0.487 e. The Bertz CT molecular complexity index is 259. The lowest BCUT2D eigenvalue weighted by Gasteiger charge is -2.11. The van der Waals surface area contributed by atoms with Crippen molar-refractivity contribution in [1.29, 1.82) is 0 Å². The van der Waals surface area contributed by atoms with E-state index < -0.39 is 0 Å². The SMILES string of the molecule is CCOc1c(N)nsc1N(C)C. The van der Waals surface area contributed by atoms with Gasteiger partial charge in [-0.3, -0.25) is 0 Å². The van der Waals surface area contributed by atoms with Crippen LogP contribution in [0.1, 0.15) is 6.92 Å². The Labute approximate surface area is 76.1 Å². The first-order chi connectivity index (χ1) is 5.66. The quantitative estimate of drug-likeness (QED) is 0.772. The van der Waals surface area contributed by atoms with Crippen LogP contribution in [0.4, 0.5) is 10.8 Å². The predicted octanol–water partition coefficient (Wildman–Crippen LogP) is 1.19. The van der Waals surface area contributed by atoms with E-state index in [0.717, 1.165) is 5.00 Å². The van der Waals surface area contributed by atoms with Crippen molar-refractivity contribution >= 4 is 22.4 Å². The van der Waals surface area contributed by atoms with Gasteiger partial charge in [-0.15, -0.1) is 0 Å². The molecule has 0 amide bonds. The van der Waals surface area contributed by atoms with Crippen LogP contribution in [0.5, 0.6) is 5.75 Å². The monoisotopic (exact) mass is 187 g/mol. The molecule has 0 radical (unpaired) electrons. The number of nitrogen functional groups attached to an aromatic ring is 1. The lowest BCUT2D eigenvalue weighted by Crippen LogP contribution is -2.08. The lowest BCUT2D eigenvalue weighted by atomic mass is 10.5. The summed E-state index contributed by atoms with van der Waals surface area (Å²) in [5.41, 5.74) is 5.61. The minimum atomic E-state index is 0.477. The van der Waals surface area contributed by atoms with Gasteiger partial charge in [0.25, 0.3) is 0 Å². The predicted molar refractivity (Wildman–Crippen MR) is 52.0 cm³/mol. The van der Waals surface area contributed by atoms with E-state index in [2.05, 4.69) is 4.37 Å². The van der Waals surface area contributed by atoms with Crippen LogP contribution in [0.15, 0.2) is 0 Å². The van der Waals surface area contributed by atoms with Crippen LogP contribution in [-0.2, 0) is 0 Å². The summed E-state index contributed by atoms with van der Waals surface area (Å²) in [7, 11) is 3.88. The Morgan fingerprint density at radius 1 is 1.58 bits per heavy atom. The maximum absolute atomic E-state index is 5.61. The Morgan fingerprint density at radius 2 is 2.25 bits per heavy atom. The average Bonchev–Trinajstić information content (AvgIpc) is 2.34. The molecular weight excluding hydrogens is 174 g/mol. The fraction of sp³-hybridized carbons (Fsp3) is 0.571. The van der Waals surface area contributed by atoms with Crippen molar-refractivity contribution in [3.63, 3.8) is 0 Å². The van der Waals surface area contributed by atoms with Crippen LogP contribution in [0.25, 0.3) is 0 Å². The van der Waals surface area contributed by atoms with Crippen molar-refractivity contribution in [2.45, 2.75) is 6.92 Å². The van der Waals surface area contributed by atoms with Crippen molar-refractivity contribution in [1.82, 2.24) is 4.37 Å². The number of rotatable bonds is 3. The highest BCUT2D eigenvalue weighted by Crippen LogP contribution is 2.36. The molecule has 1 rings (SSSR count). The summed E-state index contributed by atoms with van der Waals surface area (Å²) < 4.78 is 9.36. The molecule has 0 unspecified atom stereocenters. The fourth-order valence-electron chi connectivity index (χ4n) is 0.850. The summed E-state index contributed by atoms with van der Waals surface area (Å²) in [6, 6.07) is 0. The van der Waals surface area contributed by atoms with Gasteiger partial charge in [-0.25, -0.2) is 0 Å². The minimum Gasteiger partial charge on any atom is -0.487 e. The topological polar surface area (TPSA) is 51.4 Å². The summed E-state index contributed by atoms with van der Waals surface area (Å²) >= 11 is 1.35. The molecule has 0 atom stereocenters. The smallest absolute Gasteiger partial charge is 0.197 e. The summed E-state index contributed by atoms with van der Waals surface area (Å²) in [6.07, 6.45) is 0. The van der Waals surface area contributed by atoms with E-state index in [9.17, 15) is 0 Å². The number of hydrogen-bond acceptors (Lipinski definition) is 5. The molecule has 1 aromatic rings. The van der Waals surface area contributed by atoms with Crippen LogP contribution < -0.4 is 15.4 Å². The van der Waals surface area contributed by atoms with Gasteiger partial charge in [0.2, 0.25) is 0 Å². The van der Waals surface area contributed by atoms with E-state index in [0.29, 0.717) is 18.2 Å². The van der Waals surface area contributed by atoms with E-state index in [1.165, 1.54) is 11.5 Å². The van der Waals surface area contributed by atoms with Gasteiger partial charge >= 0.3 is 0 Å². The van der Waals surface area contributed by atoms with Crippen LogP contribution >= 0.6 is 11.5 Å². The zero-order valence-corrected chi connectivity index (χ0v) is 8.31. The van der Waals surface area contributed by atoms with E-state index in [-0.39, 0.29) is 0 Å². The highest BCUT2D eigenvalue weighted by molar-refractivity contribution is 7.11. The summed E-state index contributed by atoms with van der Waals surface area (Å²) in [4.78, 5) is 1.94. The van der Waals surface area contributed by atoms with Crippen molar-refractivity contribution in [2.24, 2.45) is 0 Å². The third-order valence-corrected chi connectivity index (χ3v) is 2.36. The second-order valence-electron chi connectivity index (χ2n) is 2.53. The summed E-state index contributed by atoms with van der Waals surface area (Å²) in [5, 5.41) is 0.967. The third kappa shape index (κ3) is 1.61. The Morgan fingerprint density at radius 3 is 2.75 bits per heavy atom. The van der Waals surface area contributed by atoms with Gasteiger partial charge in [-0.1, -0.05) is 0 Å². The van der Waals surface area contributed by atoms with Crippen LogP contribution in [0.2, 0.25) is 0 Å². The molecule has 2 N–H and O–H groups in total. The van der Waals surface area contributed by atoms with Crippen molar-refractivity contribution in [3.8, 4) is 5.75 Å². The van der Waals surface area contributed by atoms with E-state index in [1.807, 2.05) is 25.9 Å². The Hall–Kier alpha value is -0.970. The zero-order chi connectivity index (χ0) is 9.14. The van der Waals surface area contributed by atoms with Gasteiger partial charge in [0, 0.05) is 14.1 Å². The van der Waals surface area contributed by atoms with Crippen LogP contribution in [0.3, 0.4) is 0 Å². The third-order valence-electron chi connectivity index (χ3n) is 1.35. The Kier molecular flexibility index (Phi) is 2.75. The number of nitrogens with zero attached hydrogens (tertiary/aromatic N) is 2. The molecule has 12 heavy (non-hydrogen) atoms. The molecule has 0 fully saturated rings. The summed E-state index contributed by atoms with van der Waals surface area (Å²) in [5.74, 6) is 1.18. The second-order valence-corrected chi connectivity index (χ2v) is 3.28. The number of hydrogen-bond donors (Lipinski definition) is 1. The van der Waals surface area contributed by atoms with Gasteiger partial charge in [0.1, 0.15) is 0 Å². The maximum atomic E-state index is 5.61. The average molecular weight is 187 g/mol. The van der Waals surface area contributed by atoms with Gasteiger partial charge in [0.15, 0.2) is 16.6 Å². The first-order valence-corrected chi connectivity index (χ1v) is 4.49. The first-order valence-electron chi connectivity index (χ1n) is 3.72. The molecule has 0 bridgehead atoms. The number of ether oxygens (including phenoxy) is 1. The van der Waals surface area contributed by atoms with Gasteiger partial charge in [-0.2, -0.15) is 4.37 Å². The molecule has 1 heterocycles. The van der Waals surface area contributed by atoms with E-state index in [1.54, 1.807) is 0 Å². The molecule has 0 aliphatic heterocycles. The molecule has 0 aliphatic rings. The van der Waals surface area contributed by atoms with Crippen LogP contribution in [-0.4, -0.2) is 25.1 Å². The molecule has 0 saturated carbocycles. The molecule has 0 spiro atoms. The van der Waals surface area contributed by atoms with Crippen LogP contribution in [0, 0.1) is 0 Å². The maximum Gasteiger partial charge on any atom is 0.197 e. The molecule has 68 valence electrons. The fourth-order valence-corrected chi connectivity index (χ4v) is 1.53. The number of nitrogens with two attached hydrogens (primary N) is 1. The van der Waals surface area contributed by atoms with Crippen molar-refractivity contribution in [3.05, 3.63) is 0 Å². The molecule has 0 aromatic carbocycles. The number of aromatic nitrogens is 1. The molecule has 5 heteroatoms. The van der Waals surface area contributed by atoms with E-state index in [4.69, 9.17) is 10.5 Å². The lowest BCUT2D eigenvalue weighted by molar-refractivity contribution is 0.343. The zero-order valence-electron chi connectivity index (χ0n) is 7.50. The minimum absolute atomic E-state index is 0.477.